The van der Waals surface area contributed by atoms with Gasteiger partial charge in [0.05, 0.1) is 10.6 Å². The molecule has 0 bridgehead atoms. The maximum atomic E-state index is 11.8. The first-order valence-corrected chi connectivity index (χ1v) is 5.74. The highest BCUT2D eigenvalue weighted by molar-refractivity contribution is 6.55. The van der Waals surface area contributed by atoms with Crippen LogP contribution in [0.1, 0.15) is 5.56 Å². The molecule has 1 aliphatic heterocycles. The lowest BCUT2D eigenvalue weighted by Gasteiger charge is -2.07. The smallest absolute Gasteiger partial charge is 0.272 e. The van der Waals surface area contributed by atoms with E-state index in [-0.39, 0.29) is 15.6 Å². The summed E-state index contributed by atoms with van der Waals surface area (Å²) >= 11 is 17.6. The Hall–Kier alpha value is -1.03. The largest absolute Gasteiger partial charge is 0.277 e. The Morgan fingerprint density at radius 3 is 2.18 bits per heavy atom. The van der Waals surface area contributed by atoms with Gasteiger partial charge in [0.25, 0.3) is 11.8 Å². The van der Waals surface area contributed by atoms with E-state index in [4.69, 9.17) is 34.8 Å². The number of likely N-dealkylation sites (N-methyl/N-ethyl adjacent to an activating group) is 1. The van der Waals surface area contributed by atoms with Gasteiger partial charge in [-0.1, -0.05) is 40.9 Å². The molecule has 3 nitrogen and oxygen atoms in total. The molecular weight excluding hydrogens is 284 g/mol. The Kier molecular flexibility index (Phi) is 3.17. The standard InChI is InChI=1S/C11H6Cl3NO2/c1-15-10(16)8(9(14)11(15)17)6-3-2-5(12)4-7(6)13/h2-4H,1H3. The third-order valence-electron chi connectivity index (χ3n) is 2.43. The average molecular weight is 291 g/mol. The highest BCUT2D eigenvalue weighted by Crippen LogP contribution is 2.35. The Morgan fingerprint density at radius 2 is 1.71 bits per heavy atom. The molecule has 1 aliphatic rings. The predicted molar refractivity (Wildman–Crippen MR) is 67.0 cm³/mol. The zero-order chi connectivity index (χ0) is 12.7. The second-order valence-corrected chi connectivity index (χ2v) is 4.70. The fourth-order valence-electron chi connectivity index (χ4n) is 1.53. The molecule has 0 atom stereocenters. The molecule has 0 radical (unpaired) electrons. The lowest BCUT2D eigenvalue weighted by Crippen LogP contribution is -2.26. The zero-order valence-corrected chi connectivity index (χ0v) is 10.9. The Labute approximate surface area is 113 Å². The van der Waals surface area contributed by atoms with E-state index in [1.54, 1.807) is 12.1 Å². The summed E-state index contributed by atoms with van der Waals surface area (Å²) in [5.74, 6) is -0.998. The van der Waals surface area contributed by atoms with Crippen molar-refractivity contribution in [2.75, 3.05) is 7.05 Å². The van der Waals surface area contributed by atoms with Crippen molar-refractivity contribution < 1.29 is 9.59 Å². The Balaban J connectivity index is 2.61. The fraction of sp³-hybridized carbons (Fsp3) is 0.0909. The predicted octanol–water partition coefficient (Wildman–Crippen LogP) is 2.94. The minimum atomic E-state index is -0.530. The zero-order valence-electron chi connectivity index (χ0n) is 8.63. The number of halogens is 3. The van der Waals surface area contributed by atoms with Crippen molar-refractivity contribution >= 4 is 52.2 Å². The molecular formula is C11H6Cl3NO2. The van der Waals surface area contributed by atoms with Gasteiger partial charge in [-0.25, -0.2) is 0 Å². The molecule has 0 saturated heterocycles. The van der Waals surface area contributed by atoms with E-state index in [1.807, 2.05) is 0 Å². The number of imide groups is 1. The molecule has 1 aromatic carbocycles. The molecule has 2 rings (SSSR count). The molecule has 0 N–H and O–H groups in total. The summed E-state index contributed by atoms with van der Waals surface area (Å²) in [7, 11) is 1.36. The number of nitrogens with zero attached hydrogens (tertiary/aromatic N) is 1. The molecule has 0 aliphatic carbocycles. The van der Waals surface area contributed by atoms with E-state index in [2.05, 4.69) is 0 Å². The summed E-state index contributed by atoms with van der Waals surface area (Å²) in [5.41, 5.74) is 0.518. The van der Waals surface area contributed by atoms with Crippen LogP contribution in [0.15, 0.2) is 23.2 Å². The molecule has 0 aromatic heterocycles. The molecule has 0 unspecified atom stereocenters. The summed E-state index contributed by atoms with van der Waals surface area (Å²) in [6.45, 7) is 0. The fourth-order valence-corrected chi connectivity index (χ4v) is 2.35. The first-order valence-electron chi connectivity index (χ1n) is 4.61. The van der Waals surface area contributed by atoms with Crippen LogP contribution in [0.5, 0.6) is 0 Å². The quantitative estimate of drug-likeness (QED) is 0.746. The highest BCUT2D eigenvalue weighted by Gasteiger charge is 2.36. The van der Waals surface area contributed by atoms with Crippen LogP contribution in [0.2, 0.25) is 10.0 Å². The monoisotopic (exact) mass is 289 g/mol. The molecule has 0 saturated carbocycles. The normalized spacial score (nSPS) is 16.1. The minimum absolute atomic E-state index is 0.112. The van der Waals surface area contributed by atoms with Crippen molar-refractivity contribution in [3.05, 3.63) is 38.8 Å². The number of carbonyl (C=O) groups is 2. The van der Waals surface area contributed by atoms with Crippen molar-refractivity contribution in [1.82, 2.24) is 4.90 Å². The van der Waals surface area contributed by atoms with Gasteiger partial charge in [0, 0.05) is 17.6 Å². The lowest BCUT2D eigenvalue weighted by atomic mass is 10.1. The molecule has 88 valence electrons. The van der Waals surface area contributed by atoms with Crippen LogP contribution in [0.3, 0.4) is 0 Å². The Morgan fingerprint density at radius 1 is 1.06 bits per heavy atom. The molecule has 6 heteroatoms. The number of amides is 2. The number of rotatable bonds is 1. The minimum Gasteiger partial charge on any atom is -0.277 e. The van der Waals surface area contributed by atoms with Crippen molar-refractivity contribution in [2.24, 2.45) is 0 Å². The maximum Gasteiger partial charge on any atom is 0.272 e. The number of benzene rings is 1. The molecule has 0 spiro atoms. The van der Waals surface area contributed by atoms with E-state index < -0.39 is 11.8 Å². The summed E-state index contributed by atoms with van der Waals surface area (Å²) in [5, 5.41) is 0.601. The van der Waals surface area contributed by atoms with E-state index >= 15 is 0 Å². The first-order chi connectivity index (χ1) is 7.93. The van der Waals surface area contributed by atoms with Gasteiger partial charge in [-0.05, 0) is 12.1 Å². The Bertz CT molecular complexity index is 566. The van der Waals surface area contributed by atoms with Crippen LogP contribution in [0, 0.1) is 0 Å². The second-order valence-electron chi connectivity index (χ2n) is 3.48. The van der Waals surface area contributed by atoms with Gasteiger partial charge >= 0.3 is 0 Å². The molecule has 2 amide bonds. The molecule has 17 heavy (non-hydrogen) atoms. The van der Waals surface area contributed by atoms with Crippen LogP contribution < -0.4 is 0 Å². The maximum absolute atomic E-state index is 11.8. The summed E-state index contributed by atoms with van der Waals surface area (Å²) < 4.78 is 0. The molecule has 1 aromatic rings. The van der Waals surface area contributed by atoms with Gasteiger partial charge in [0.2, 0.25) is 0 Å². The third-order valence-corrected chi connectivity index (χ3v) is 3.33. The summed E-state index contributed by atoms with van der Waals surface area (Å²) in [4.78, 5) is 24.3. The highest BCUT2D eigenvalue weighted by atomic mass is 35.5. The van der Waals surface area contributed by atoms with Crippen LogP contribution >= 0.6 is 34.8 Å². The van der Waals surface area contributed by atoms with Crippen LogP contribution in [-0.4, -0.2) is 23.8 Å². The first kappa shape index (κ1) is 12.4. The van der Waals surface area contributed by atoms with Gasteiger partial charge in [-0.3, -0.25) is 14.5 Å². The number of hydrogen-bond donors (Lipinski definition) is 0. The van der Waals surface area contributed by atoms with Gasteiger partial charge in [-0.15, -0.1) is 0 Å². The van der Waals surface area contributed by atoms with Crippen molar-refractivity contribution in [3.63, 3.8) is 0 Å². The van der Waals surface area contributed by atoms with Crippen molar-refractivity contribution in [3.8, 4) is 0 Å². The summed E-state index contributed by atoms with van der Waals surface area (Å²) in [6, 6.07) is 4.63. The van der Waals surface area contributed by atoms with E-state index in [9.17, 15) is 9.59 Å². The summed E-state index contributed by atoms with van der Waals surface area (Å²) in [6.07, 6.45) is 0. The third kappa shape index (κ3) is 1.95. The number of carbonyl (C=O) groups excluding carboxylic acids is 2. The van der Waals surface area contributed by atoms with Gasteiger partial charge in [-0.2, -0.15) is 0 Å². The average Bonchev–Trinajstić information content (AvgIpc) is 2.45. The van der Waals surface area contributed by atoms with Crippen molar-refractivity contribution in [1.29, 1.82) is 0 Å². The van der Waals surface area contributed by atoms with E-state index in [0.717, 1.165) is 4.90 Å². The van der Waals surface area contributed by atoms with Gasteiger partial charge < -0.3 is 0 Å². The molecule has 0 fully saturated rings. The number of hydrogen-bond acceptors (Lipinski definition) is 2. The van der Waals surface area contributed by atoms with E-state index in [0.29, 0.717) is 10.6 Å². The van der Waals surface area contributed by atoms with Gasteiger partial charge in [0.1, 0.15) is 5.03 Å². The topological polar surface area (TPSA) is 37.4 Å². The lowest BCUT2D eigenvalue weighted by molar-refractivity contribution is -0.134. The van der Waals surface area contributed by atoms with Gasteiger partial charge in [0.15, 0.2) is 0 Å². The van der Waals surface area contributed by atoms with Crippen LogP contribution in [0.25, 0.3) is 5.57 Å². The molecule has 1 heterocycles. The SMILES string of the molecule is CN1C(=O)C(Cl)=C(c2ccc(Cl)cc2Cl)C1=O. The van der Waals surface area contributed by atoms with Crippen LogP contribution in [0.4, 0.5) is 0 Å². The van der Waals surface area contributed by atoms with Crippen molar-refractivity contribution in [2.45, 2.75) is 0 Å². The van der Waals surface area contributed by atoms with E-state index in [1.165, 1.54) is 13.1 Å². The van der Waals surface area contributed by atoms with Crippen LogP contribution in [-0.2, 0) is 9.59 Å². The second kappa shape index (κ2) is 4.33.